The number of esters is 2. The molecule has 0 aliphatic carbocycles. The molecule has 7 heterocycles. The Bertz CT molecular complexity index is 2090. The number of aliphatic hydroxyl groups excluding tert-OH is 1. The summed E-state index contributed by atoms with van der Waals surface area (Å²) in [5.41, 5.74) is 4.27. The average molecular weight is 748 g/mol. The van der Waals surface area contributed by atoms with E-state index < -0.39 is 53.1 Å². The van der Waals surface area contributed by atoms with Crippen molar-refractivity contribution in [3.8, 4) is 40.2 Å². The molecule has 6 unspecified atom stereocenters. The number of nitrogens with one attached hydrogen (secondary N) is 2. The topological polar surface area (TPSA) is 178 Å². The number of carbonyl (C=O) groups excluding carboxylic acids is 2. The predicted octanol–water partition coefficient (Wildman–Crippen LogP) is 3.07. The molecule has 0 radical (unpaired) electrons. The van der Waals surface area contributed by atoms with Gasteiger partial charge in [0.05, 0.1) is 37.6 Å². The molecule has 2 fully saturated rings. The number of carbonyl (C=O) groups is 2. The molecule has 5 N–H and O–H groups in total. The lowest BCUT2D eigenvalue weighted by Gasteiger charge is -2.59. The van der Waals surface area contributed by atoms with Gasteiger partial charge < -0.3 is 49.1 Å². The van der Waals surface area contributed by atoms with Crippen LogP contribution in [0.15, 0.2) is 18.2 Å². The van der Waals surface area contributed by atoms with E-state index in [4.69, 9.17) is 28.4 Å². The second kappa shape index (κ2) is 12.3. The van der Waals surface area contributed by atoms with Crippen LogP contribution in [0, 0.1) is 13.8 Å². The molecule has 2 saturated heterocycles. The number of phenols is 2. The first-order valence-electron chi connectivity index (χ1n) is 17.7. The van der Waals surface area contributed by atoms with E-state index in [1.54, 1.807) is 12.1 Å². The van der Waals surface area contributed by atoms with Crippen molar-refractivity contribution in [1.29, 1.82) is 0 Å². The number of nitrogens with zero attached hydrogens (tertiary/aromatic N) is 1. The highest BCUT2D eigenvalue weighted by molar-refractivity contribution is 7.99. The van der Waals surface area contributed by atoms with Crippen molar-refractivity contribution in [3.63, 3.8) is 0 Å². The summed E-state index contributed by atoms with van der Waals surface area (Å²) in [4.78, 5) is 29.4. The molecular formula is C38H41N3O11S. The summed E-state index contributed by atoms with van der Waals surface area (Å²) < 4.78 is 35.8. The van der Waals surface area contributed by atoms with Gasteiger partial charge in [-0.1, -0.05) is 6.07 Å². The van der Waals surface area contributed by atoms with Crippen LogP contribution in [0.1, 0.15) is 68.8 Å². The molecular weight excluding hydrogens is 706 g/mol. The zero-order chi connectivity index (χ0) is 37.1. The third kappa shape index (κ3) is 4.80. The van der Waals surface area contributed by atoms with Crippen molar-refractivity contribution in [1.82, 2.24) is 15.5 Å². The highest BCUT2D eigenvalue weighted by Gasteiger charge is 2.60. The van der Waals surface area contributed by atoms with Gasteiger partial charge >= 0.3 is 11.9 Å². The number of piperazine rings is 1. The van der Waals surface area contributed by atoms with Gasteiger partial charge in [-0.2, -0.15) is 0 Å². The molecule has 280 valence electrons. The van der Waals surface area contributed by atoms with Crippen molar-refractivity contribution in [2.75, 3.05) is 39.9 Å². The molecule has 0 saturated carbocycles. The van der Waals surface area contributed by atoms with E-state index in [0.29, 0.717) is 70.2 Å². The van der Waals surface area contributed by atoms with Gasteiger partial charge in [-0.25, -0.2) is 4.79 Å². The minimum Gasteiger partial charge on any atom is -0.504 e. The second-order valence-electron chi connectivity index (χ2n) is 14.5. The van der Waals surface area contributed by atoms with Gasteiger partial charge in [0, 0.05) is 47.5 Å². The number of aryl methyl sites for hydroxylation is 1. The van der Waals surface area contributed by atoms with Gasteiger partial charge in [-0.05, 0) is 61.1 Å². The van der Waals surface area contributed by atoms with E-state index in [1.165, 1.54) is 32.9 Å². The van der Waals surface area contributed by atoms with E-state index in [-0.39, 0.29) is 36.4 Å². The summed E-state index contributed by atoms with van der Waals surface area (Å²) in [5, 5.41) is 41.5. The number of hydrogen-bond donors (Lipinski definition) is 5. The smallest absolute Gasteiger partial charge is 0.331 e. The Balaban J connectivity index is 1.31. The van der Waals surface area contributed by atoms with E-state index in [0.717, 1.165) is 16.7 Å². The lowest BCUT2D eigenvalue weighted by atomic mass is 9.74. The fourth-order valence-electron chi connectivity index (χ4n) is 9.60. The molecule has 10 rings (SSSR count). The first-order valence-corrected chi connectivity index (χ1v) is 18.7. The van der Waals surface area contributed by atoms with Crippen molar-refractivity contribution in [2.45, 2.75) is 74.8 Å². The van der Waals surface area contributed by atoms with Gasteiger partial charge in [0.1, 0.15) is 18.6 Å². The van der Waals surface area contributed by atoms with E-state index >= 15 is 0 Å². The van der Waals surface area contributed by atoms with Gasteiger partial charge in [0.15, 0.2) is 40.0 Å². The van der Waals surface area contributed by atoms with Gasteiger partial charge in [-0.3, -0.25) is 15.0 Å². The number of hydrogen-bond acceptors (Lipinski definition) is 15. The summed E-state index contributed by atoms with van der Waals surface area (Å²) >= 11 is 1.45. The minimum atomic E-state index is -1.36. The molecule has 7 atom stereocenters. The van der Waals surface area contributed by atoms with Crippen LogP contribution in [0.5, 0.6) is 40.2 Å². The molecule has 7 aliphatic rings. The molecule has 14 nitrogen and oxygen atoms in total. The van der Waals surface area contributed by atoms with E-state index in [1.807, 2.05) is 24.8 Å². The number of thioether (sulfide) groups is 1. The number of ether oxygens (including phenoxy) is 6. The maximum absolute atomic E-state index is 14.6. The van der Waals surface area contributed by atoms with Crippen LogP contribution >= 0.6 is 11.8 Å². The predicted molar refractivity (Wildman–Crippen MR) is 190 cm³/mol. The first kappa shape index (κ1) is 34.4. The van der Waals surface area contributed by atoms with E-state index in [2.05, 4.69) is 10.6 Å². The Labute approximate surface area is 309 Å². The summed E-state index contributed by atoms with van der Waals surface area (Å²) in [6.07, 6.45) is -0.0673. The maximum Gasteiger partial charge on any atom is 0.331 e. The fraction of sp³-hybridized carbons (Fsp3) is 0.474. The van der Waals surface area contributed by atoms with Crippen LogP contribution in [0.3, 0.4) is 0 Å². The molecule has 1 spiro atoms. The quantitative estimate of drug-likeness (QED) is 0.195. The summed E-state index contributed by atoms with van der Waals surface area (Å²) in [6, 6.07) is 2.99. The SMILES string of the molecule is COc1cc2c(cc1O)CCN[C@]21CSC2c3c(OC(C)=O)c(C)c4c(c3C(COC1=O)N1C(O)C3Cc5cc(C)c(OC)c(O)c5C(N3)C21)OCO4. The number of fused-ring (bicyclic) bond motifs is 9. The lowest BCUT2D eigenvalue weighted by Crippen LogP contribution is -2.69. The Morgan fingerprint density at radius 1 is 1.02 bits per heavy atom. The van der Waals surface area contributed by atoms with Crippen molar-refractivity contribution in [2.24, 2.45) is 0 Å². The summed E-state index contributed by atoms with van der Waals surface area (Å²) in [6.45, 7) is 5.23. The molecule has 3 aromatic carbocycles. The highest BCUT2D eigenvalue weighted by atomic mass is 32.2. The molecule has 15 heteroatoms. The average Bonchev–Trinajstić information content (AvgIpc) is 3.63. The maximum atomic E-state index is 14.6. The summed E-state index contributed by atoms with van der Waals surface area (Å²) in [5.74, 6) is 0.890. The number of aromatic hydroxyl groups is 2. The minimum absolute atomic E-state index is 0.0210. The Kier molecular flexibility index (Phi) is 7.98. The second-order valence-corrected chi connectivity index (χ2v) is 15.6. The van der Waals surface area contributed by atoms with Crippen LogP contribution in [0.2, 0.25) is 0 Å². The monoisotopic (exact) mass is 747 g/mol. The van der Waals surface area contributed by atoms with Gasteiger partial charge in [0.25, 0.3) is 0 Å². The molecule has 53 heavy (non-hydrogen) atoms. The fourth-order valence-corrected chi connectivity index (χ4v) is 11.3. The number of benzene rings is 3. The number of phenolic OH excluding ortho intramolecular Hbond substituents is 2. The normalized spacial score (nSPS) is 29.4. The largest absolute Gasteiger partial charge is 0.504 e. The molecule has 0 aromatic heterocycles. The molecule has 4 bridgehead atoms. The Morgan fingerprint density at radius 3 is 2.57 bits per heavy atom. The Hall–Kier alpha value is -4.41. The van der Waals surface area contributed by atoms with Gasteiger partial charge in [-0.15, -0.1) is 11.8 Å². The standard InChI is InChI=1S/C38H41N3O11S/c1-15-8-19-9-21-36(45)41-22-12-49-37(46)38(20-11-24(47-4)23(43)10-18(20)6-7-39-38)13-53-35(29(41)28(40-21)25(19)30(44)31(15)48-5)27-26(22)34-33(50-14-51-34)16(2)32(27)52-17(3)42/h8,10-11,21-22,28-29,35-36,39-40,43-45H,6-7,9,12-14H2,1-5H3/t21?,22?,28?,29?,35?,36?,38-/m1/s1. The van der Waals surface area contributed by atoms with Crippen molar-refractivity contribution >= 4 is 23.7 Å². The molecule has 7 aliphatic heterocycles. The lowest BCUT2D eigenvalue weighted by molar-refractivity contribution is -0.164. The molecule has 3 aromatic rings. The third-order valence-electron chi connectivity index (χ3n) is 11.8. The van der Waals surface area contributed by atoms with Crippen LogP contribution in [-0.4, -0.2) is 90.4 Å². The van der Waals surface area contributed by atoms with Crippen LogP contribution in [0.4, 0.5) is 0 Å². The van der Waals surface area contributed by atoms with Crippen LogP contribution in [0.25, 0.3) is 0 Å². The zero-order valence-corrected chi connectivity index (χ0v) is 30.7. The first-order chi connectivity index (χ1) is 25.5. The van der Waals surface area contributed by atoms with Crippen molar-refractivity contribution < 1.29 is 53.3 Å². The van der Waals surface area contributed by atoms with Crippen molar-refractivity contribution in [3.05, 3.63) is 62.7 Å². The van der Waals surface area contributed by atoms with Crippen LogP contribution < -0.4 is 34.3 Å². The van der Waals surface area contributed by atoms with Crippen LogP contribution in [-0.2, 0) is 32.7 Å². The highest BCUT2D eigenvalue weighted by Crippen LogP contribution is 2.63. The summed E-state index contributed by atoms with van der Waals surface area (Å²) in [7, 11) is 2.98. The Morgan fingerprint density at radius 2 is 1.81 bits per heavy atom. The van der Waals surface area contributed by atoms with E-state index in [9.17, 15) is 24.9 Å². The number of methoxy groups -OCH3 is 2. The zero-order valence-electron chi connectivity index (χ0n) is 29.9. The van der Waals surface area contributed by atoms with Gasteiger partial charge in [0.2, 0.25) is 6.79 Å². The number of rotatable bonds is 3. The number of aliphatic hydroxyl groups is 1. The molecule has 0 amide bonds. The third-order valence-corrected chi connectivity index (χ3v) is 13.2.